The van der Waals surface area contributed by atoms with Crippen molar-refractivity contribution in [2.24, 2.45) is 0 Å². The second-order valence-electron chi connectivity index (χ2n) is 2.13. The van der Waals surface area contributed by atoms with Crippen LogP contribution in [-0.2, 0) is 14.3 Å². The largest absolute Gasteiger partial charge is 0.466 e. The van der Waals surface area contributed by atoms with E-state index in [0.717, 1.165) is 0 Å². The van der Waals surface area contributed by atoms with Crippen LogP contribution in [0, 0.1) is 0 Å². The zero-order valence-corrected chi connectivity index (χ0v) is 7.43. The summed E-state index contributed by atoms with van der Waals surface area (Å²) in [6.07, 6.45) is 0.534. The Bertz CT molecular complexity index is 123. The van der Waals surface area contributed by atoms with Gasteiger partial charge in [0.1, 0.15) is 0 Å². The average molecular weight is 161 g/mol. The van der Waals surface area contributed by atoms with Crippen LogP contribution in [0.25, 0.3) is 0 Å². The molecule has 0 spiro atoms. The summed E-state index contributed by atoms with van der Waals surface area (Å²) in [5, 5.41) is 2.77. The van der Waals surface area contributed by atoms with E-state index in [2.05, 4.69) is 10.1 Å². The van der Waals surface area contributed by atoms with Crippen LogP contribution in [0.2, 0.25) is 0 Å². The highest BCUT2D eigenvalue weighted by Crippen LogP contribution is 2.11. The molecule has 0 rings (SSSR count). The van der Waals surface area contributed by atoms with Crippen molar-refractivity contribution in [1.82, 2.24) is 5.32 Å². The van der Waals surface area contributed by atoms with Crippen molar-refractivity contribution in [2.75, 3.05) is 21.3 Å². The van der Waals surface area contributed by atoms with Crippen LogP contribution >= 0.6 is 0 Å². The molecule has 0 amide bonds. The molecule has 0 radical (unpaired) electrons. The van der Waals surface area contributed by atoms with E-state index in [1.807, 2.05) is 6.92 Å². The Morgan fingerprint density at radius 3 is 2.18 bits per heavy atom. The van der Waals surface area contributed by atoms with Gasteiger partial charge in [0.05, 0.1) is 7.11 Å². The van der Waals surface area contributed by atoms with Crippen LogP contribution < -0.4 is 5.32 Å². The molecule has 0 saturated carbocycles. The molecule has 11 heavy (non-hydrogen) atoms. The topological polar surface area (TPSA) is 47.6 Å². The van der Waals surface area contributed by atoms with E-state index < -0.39 is 11.7 Å². The Morgan fingerprint density at radius 1 is 1.55 bits per heavy atom. The fourth-order valence-corrected chi connectivity index (χ4v) is 0.918. The highest BCUT2D eigenvalue weighted by atomic mass is 16.6. The zero-order valence-electron chi connectivity index (χ0n) is 7.43. The summed E-state index contributed by atoms with van der Waals surface area (Å²) in [6, 6.07) is 0. The molecule has 0 saturated heterocycles. The first-order valence-corrected chi connectivity index (χ1v) is 3.49. The molecule has 1 N–H and O–H groups in total. The van der Waals surface area contributed by atoms with E-state index in [4.69, 9.17) is 4.74 Å². The first-order valence-electron chi connectivity index (χ1n) is 3.49. The molecule has 0 aliphatic carbocycles. The third-order valence-corrected chi connectivity index (χ3v) is 1.77. The Hall–Kier alpha value is -0.610. The van der Waals surface area contributed by atoms with Crippen molar-refractivity contribution in [3.63, 3.8) is 0 Å². The summed E-state index contributed by atoms with van der Waals surface area (Å²) in [7, 11) is 4.46. The quantitative estimate of drug-likeness (QED) is 0.470. The first kappa shape index (κ1) is 10.4. The molecule has 1 unspecified atom stereocenters. The Kier molecular flexibility index (Phi) is 4.07. The summed E-state index contributed by atoms with van der Waals surface area (Å²) in [5.41, 5.74) is -0.977. The standard InChI is InChI=1S/C7H15NO3/c1-5-7(8-2,11-4)6(9)10-3/h8H,5H2,1-4H3. The SMILES string of the molecule is CCC(NC)(OC)C(=O)OC. The Labute approximate surface area is 66.9 Å². The number of likely N-dealkylation sites (N-methyl/N-ethyl adjacent to an activating group) is 1. The summed E-state index contributed by atoms with van der Waals surface area (Å²) in [5.74, 6) is -0.398. The van der Waals surface area contributed by atoms with Crippen molar-refractivity contribution >= 4 is 5.97 Å². The maximum atomic E-state index is 11.1. The number of nitrogens with one attached hydrogen (secondary N) is 1. The van der Waals surface area contributed by atoms with Gasteiger partial charge in [0, 0.05) is 7.11 Å². The molecule has 66 valence electrons. The maximum Gasteiger partial charge on any atom is 0.353 e. The van der Waals surface area contributed by atoms with E-state index in [1.54, 1.807) is 7.05 Å². The molecule has 0 aromatic heterocycles. The van der Waals surface area contributed by atoms with E-state index in [1.165, 1.54) is 14.2 Å². The molecular weight excluding hydrogens is 146 g/mol. The van der Waals surface area contributed by atoms with Gasteiger partial charge in [-0.25, -0.2) is 4.79 Å². The van der Waals surface area contributed by atoms with Gasteiger partial charge in [-0.05, 0) is 13.5 Å². The van der Waals surface area contributed by atoms with Gasteiger partial charge in [-0.2, -0.15) is 0 Å². The fourth-order valence-electron chi connectivity index (χ4n) is 0.918. The minimum Gasteiger partial charge on any atom is -0.466 e. The monoisotopic (exact) mass is 161 g/mol. The number of carbonyl (C=O) groups excluding carboxylic acids is 1. The zero-order chi connectivity index (χ0) is 8.91. The molecular formula is C7H15NO3. The molecule has 1 atom stereocenters. The molecule has 0 fully saturated rings. The molecule has 0 bridgehead atoms. The summed E-state index contributed by atoms with van der Waals surface area (Å²) < 4.78 is 9.57. The molecule has 0 aliphatic rings. The van der Waals surface area contributed by atoms with Crippen LogP contribution in [0.5, 0.6) is 0 Å². The third-order valence-electron chi connectivity index (χ3n) is 1.77. The summed E-state index contributed by atoms with van der Waals surface area (Å²) in [4.78, 5) is 11.1. The van der Waals surface area contributed by atoms with Gasteiger partial charge >= 0.3 is 5.97 Å². The number of ether oxygens (including phenoxy) is 2. The van der Waals surface area contributed by atoms with Gasteiger partial charge in [0.15, 0.2) is 0 Å². The third kappa shape index (κ3) is 1.91. The molecule has 0 aromatic rings. The van der Waals surface area contributed by atoms with Gasteiger partial charge in [0.25, 0.3) is 0 Å². The summed E-state index contributed by atoms with van der Waals surface area (Å²) >= 11 is 0. The van der Waals surface area contributed by atoms with Crippen LogP contribution in [0.3, 0.4) is 0 Å². The highest BCUT2D eigenvalue weighted by Gasteiger charge is 2.35. The second-order valence-corrected chi connectivity index (χ2v) is 2.13. The van der Waals surface area contributed by atoms with Crippen LogP contribution in [-0.4, -0.2) is 33.0 Å². The Balaban J connectivity index is 4.39. The lowest BCUT2D eigenvalue weighted by Crippen LogP contribution is -2.52. The number of rotatable bonds is 4. The van der Waals surface area contributed by atoms with Crippen molar-refractivity contribution in [3.05, 3.63) is 0 Å². The van der Waals surface area contributed by atoms with E-state index in [-0.39, 0.29) is 0 Å². The van der Waals surface area contributed by atoms with E-state index in [9.17, 15) is 4.79 Å². The van der Waals surface area contributed by atoms with Gasteiger partial charge in [-0.3, -0.25) is 5.32 Å². The minimum absolute atomic E-state index is 0.398. The smallest absolute Gasteiger partial charge is 0.353 e. The summed E-state index contributed by atoms with van der Waals surface area (Å²) in [6.45, 7) is 1.84. The number of methoxy groups -OCH3 is 2. The highest BCUT2D eigenvalue weighted by molar-refractivity contribution is 5.78. The van der Waals surface area contributed by atoms with Gasteiger partial charge in [-0.15, -0.1) is 0 Å². The van der Waals surface area contributed by atoms with Crippen molar-refractivity contribution in [1.29, 1.82) is 0 Å². The predicted molar refractivity (Wildman–Crippen MR) is 41.1 cm³/mol. The van der Waals surface area contributed by atoms with E-state index >= 15 is 0 Å². The molecule has 4 heteroatoms. The van der Waals surface area contributed by atoms with Crippen molar-refractivity contribution in [2.45, 2.75) is 19.1 Å². The first-order chi connectivity index (χ1) is 5.16. The van der Waals surface area contributed by atoms with Crippen LogP contribution in [0.1, 0.15) is 13.3 Å². The van der Waals surface area contributed by atoms with Gasteiger partial charge in [-0.1, -0.05) is 6.92 Å². The van der Waals surface area contributed by atoms with Gasteiger partial charge < -0.3 is 9.47 Å². The lowest BCUT2D eigenvalue weighted by Gasteiger charge is -2.27. The molecule has 0 heterocycles. The minimum atomic E-state index is -0.977. The number of hydrogen-bond donors (Lipinski definition) is 1. The van der Waals surface area contributed by atoms with Crippen LogP contribution in [0.15, 0.2) is 0 Å². The molecule has 4 nitrogen and oxygen atoms in total. The van der Waals surface area contributed by atoms with Gasteiger partial charge in [0.2, 0.25) is 5.72 Å². The van der Waals surface area contributed by atoms with E-state index in [0.29, 0.717) is 6.42 Å². The van der Waals surface area contributed by atoms with Crippen molar-refractivity contribution < 1.29 is 14.3 Å². The average Bonchev–Trinajstić information content (AvgIpc) is 2.08. The maximum absolute atomic E-state index is 11.1. The van der Waals surface area contributed by atoms with Crippen molar-refractivity contribution in [3.8, 4) is 0 Å². The predicted octanol–water partition coefficient (Wildman–Crippen LogP) is 0.131. The lowest BCUT2D eigenvalue weighted by atomic mass is 10.1. The lowest BCUT2D eigenvalue weighted by molar-refractivity contribution is -0.170. The normalized spacial score (nSPS) is 15.6. The van der Waals surface area contributed by atoms with Crippen LogP contribution in [0.4, 0.5) is 0 Å². The second kappa shape index (κ2) is 4.31. The molecule has 0 aromatic carbocycles. The number of esters is 1. The fraction of sp³-hybridized carbons (Fsp3) is 0.857. The Morgan fingerprint density at radius 2 is 2.09 bits per heavy atom. The molecule has 0 aliphatic heterocycles. The number of carbonyl (C=O) groups is 1. The number of hydrogen-bond acceptors (Lipinski definition) is 4.